The highest BCUT2D eigenvalue weighted by Crippen LogP contribution is 2.42. The zero-order valence-corrected chi connectivity index (χ0v) is 18.8. The molecule has 7 heteroatoms. The highest BCUT2D eigenvalue weighted by atomic mass is 16.5. The number of rotatable bonds is 5. The number of ether oxygens (including phenoxy) is 3. The SMILES string of the molecule is CCOc1cc(C(=O)N2CCC3(CC2)Oc2ccccc2C(=N)C3C=NC)ccc1OC. The maximum absolute atomic E-state index is 13.2. The van der Waals surface area contributed by atoms with Gasteiger partial charge in [0.25, 0.3) is 5.91 Å². The van der Waals surface area contributed by atoms with E-state index in [9.17, 15) is 4.79 Å². The Morgan fingerprint density at radius 1 is 1.25 bits per heavy atom. The van der Waals surface area contributed by atoms with Crippen molar-refractivity contribution in [3.8, 4) is 17.2 Å². The Balaban J connectivity index is 1.55. The van der Waals surface area contributed by atoms with Gasteiger partial charge in [0.05, 0.1) is 25.3 Å². The van der Waals surface area contributed by atoms with Gasteiger partial charge in [0, 0.05) is 50.3 Å². The molecule has 168 valence electrons. The maximum atomic E-state index is 13.2. The fourth-order valence-corrected chi connectivity index (χ4v) is 4.61. The van der Waals surface area contributed by atoms with Crippen LogP contribution in [0.15, 0.2) is 47.5 Å². The lowest BCUT2D eigenvalue weighted by Crippen LogP contribution is -2.58. The van der Waals surface area contributed by atoms with Crippen LogP contribution in [0.5, 0.6) is 17.2 Å². The lowest BCUT2D eigenvalue weighted by Gasteiger charge is -2.48. The minimum absolute atomic E-state index is 0.0459. The summed E-state index contributed by atoms with van der Waals surface area (Å²) in [4.78, 5) is 19.3. The largest absolute Gasteiger partial charge is 0.493 e. The number of nitrogens with one attached hydrogen (secondary N) is 1. The summed E-state index contributed by atoms with van der Waals surface area (Å²) in [7, 11) is 3.30. The number of benzene rings is 2. The number of hydrogen-bond donors (Lipinski definition) is 1. The zero-order chi connectivity index (χ0) is 22.7. The second-order valence-corrected chi connectivity index (χ2v) is 8.05. The summed E-state index contributed by atoms with van der Waals surface area (Å²) in [5, 5.41) is 8.79. The first-order valence-corrected chi connectivity index (χ1v) is 10.9. The number of piperidine rings is 1. The fraction of sp³-hybridized carbons (Fsp3) is 0.400. The molecule has 0 aliphatic carbocycles. The molecule has 4 rings (SSSR count). The van der Waals surface area contributed by atoms with E-state index in [1.54, 1.807) is 32.4 Å². The smallest absolute Gasteiger partial charge is 0.253 e. The van der Waals surface area contributed by atoms with Crippen molar-refractivity contribution in [1.29, 1.82) is 5.41 Å². The summed E-state index contributed by atoms with van der Waals surface area (Å²) in [6.45, 7) is 3.47. The third-order valence-corrected chi connectivity index (χ3v) is 6.27. The number of para-hydroxylation sites is 1. The summed E-state index contributed by atoms with van der Waals surface area (Å²) in [6, 6.07) is 12.9. The minimum atomic E-state index is -0.571. The molecule has 2 aliphatic rings. The molecule has 2 aliphatic heterocycles. The van der Waals surface area contributed by atoms with Crippen LogP contribution in [0.3, 0.4) is 0 Å². The monoisotopic (exact) mass is 435 g/mol. The number of fused-ring (bicyclic) bond motifs is 1. The zero-order valence-electron chi connectivity index (χ0n) is 18.8. The average molecular weight is 436 g/mol. The lowest BCUT2D eigenvalue weighted by molar-refractivity contribution is -0.00868. The van der Waals surface area contributed by atoms with Crippen LogP contribution in [0, 0.1) is 11.3 Å². The number of likely N-dealkylation sites (tertiary alicyclic amines) is 1. The first-order valence-electron chi connectivity index (χ1n) is 10.9. The molecule has 0 saturated carbocycles. The number of methoxy groups -OCH3 is 1. The molecule has 1 atom stereocenters. The molecule has 32 heavy (non-hydrogen) atoms. The average Bonchev–Trinajstić information content (AvgIpc) is 2.82. The number of nitrogens with zero attached hydrogens (tertiary/aromatic N) is 2. The van der Waals surface area contributed by atoms with Crippen molar-refractivity contribution in [1.82, 2.24) is 4.90 Å². The van der Waals surface area contributed by atoms with Gasteiger partial charge < -0.3 is 24.5 Å². The molecule has 1 spiro atoms. The third-order valence-electron chi connectivity index (χ3n) is 6.27. The highest BCUT2D eigenvalue weighted by Gasteiger charge is 2.49. The molecule has 1 saturated heterocycles. The van der Waals surface area contributed by atoms with E-state index >= 15 is 0 Å². The highest BCUT2D eigenvalue weighted by molar-refractivity contribution is 6.11. The molecule has 2 aromatic carbocycles. The van der Waals surface area contributed by atoms with Crippen molar-refractivity contribution in [2.24, 2.45) is 10.9 Å². The van der Waals surface area contributed by atoms with Gasteiger partial charge in [-0.3, -0.25) is 9.79 Å². The Morgan fingerprint density at radius 2 is 2.00 bits per heavy atom. The summed E-state index contributed by atoms with van der Waals surface area (Å²) in [5.74, 6) is 1.61. The molecular formula is C25H29N3O4. The van der Waals surface area contributed by atoms with Crippen molar-refractivity contribution >= 4 is 17.8 Å². The molecule has 1 N–H and O–H groups in total. The molecule has 0 bridgehead atoms. The fourth-order valence-electron chi connectivity index (χ4n) is 4.61. The van der Waals surface area contributed by atoms with E-state index in [0.717, 1.165) is 11.3 Å². The Hall–Kier alpha value is -3.35. The number of hydrogen-bond acceptors (Lipinski definition) is 6. The molecule has 1 amide bonds. The van der Waals surface area contributed by atoms with Crippen LogP contribution in [0.2, 0.25) is 0 Å². The number of carbonyl (C=O) groups is 1. The molecule has 2 heterocycles. The second kappa shape index (κ2) is 9.02. The normalized spacial score (nSPS) is 19.5. The molecule has 0 radical (unpaired) electrons. The first-order chi connectivity index (χ1) is 15.5. The van der Waals surface area contributed by atoms with Gasteiger partial charge in [-0.05, 0) is 37.3 Å². The standard InChI is InChI=1S/C25H29N3O4/c1-4-31-22-15-17(9-10-21(22)30-3)24(29)28-13-11-25(12-14-28)19(16-27-2)23(26)18-7-5-6-8-20(18)32-25/h5-10,15-16,19,26H,4,11-14H2,1-3H3. The van der Waals surface area contributed by atoms with Crippen LogP contribution >= 0.6 is 0 Å². The van der Waals surface area contributed by atoms with Crippen molar-refractivity contribution in [3.63, 3.8) is 0 Å². The predicted octanol–water partition coefficient (Wildman–Crippen LogP) is 3.85. The maximum Gasteiger partial charge on any atom is 0.253 e. The molecule has 7 nitrogen and oxygen atoms in total. The first kappa shape index (κ1) is 21.9. The molecule has 0 aromatic heterocycles. The Morgan fingerprint density at radius 3 is 2.69 bits per heavy atom. The van der Waals surface area contributed by atoms with E-state index in [1.807, 2.05) is 42.3 Å². The Kier molecular flexibility index (Phi) is 6.17. The lowest BCUT2D eigenvalue weighted by atomic mass is 9.73. The van der Waals surface area contributed by atoms with Gasteiger partial charge in [-0.15, -0.1) is 0 Å². The topological polar surface area (TPSA) is 84.2 Å². The van der Waals surface area contributed by atoms with Crippen molar-refractivity contribution in [2.45, 2.75) is 25.4 Å². The van der Waals surface area contributed by atoms with E-state index in [2.05, 4.69) is 4.99 Å². The van der Waals surface area contributed by atoms with Gasteiger partial charge in [-0.2, -0.15) is 0 Å². The Bertz CT molecular complexity index is 1040. The van der Waals surface area contributed by atoms with E-state index < -0.39 is 5.60 Å². The van der Waals surface area contributed by atoms with Gasteiger partial charge in [0.2, 0.25) is 0 Å². The van der Waals surface area contributed by atoms with Gasteiger partial charge >= 0.3 is 0 Å². The van der Waals surface area contributed by atoms with Crippen LogP contribution in [0.25, 0.3) is 0 Å². The second-order valence-electron chi connectivity index (χ2n) is 8.05. The molecule has 1 unspecified atom stereocenters. The molecule has 1 fully saturated rings. The van der Waals surface area contributed by atoms with E-state index in [1.165, 1.54) is 0 Å². The number of carbonyl (C=O) groups excluding carboxylic acids is 1. The summed E-state index contributed by atoms with van der Waals surface area (Å²) in [5.41, 5.74) is 1.33. The van der Waals surface area contributed by atoms with Gasteiger partial charge in [-0.1, -0.05) is 12.1 Å². The van der Waals surface area contributed by atoms with Crippen molar-refractivity contribution in [3.05, 3.63) is 53.6 Å². The number of amides is 1. The molecular weight excluding hydrogens is 406 g/mol. The van der Waals surface area contributed by atoms with Gasteiger partial charge in [0.1, 0.15) is 11.4 Å². The van der Waals surface area contributed by atoms with Crippen LogP contribution in [0.1, 0.15) is 35.7 Å². The quantitative estimate of drug-likeness (QED) is 0.723. The van der Waals surface area contributed by atoms with E-state index in [0.29, 0.717) is 55.3 Å². The van der Waals surface area contributed by atoms with Crippen LogP contribution < -0.4 is 14.2 Å². The van der Waals surface area contributed by atoms with Crippen molar-refractivity contribution < 1.29 is 19.0 Å². The Labute approximate surface area is 188 Å². The van der Waals surface area contributed by atoms with E-state index in [4.69, 9.17) is 19.6 Å². The van der Waals surface area contributed by atoms with Crippen LogP contribution in [-0.4, -0.2) is 62.2 Å². The minimum Gasteiger partial charge on any atom is -0.493 e. The molecule has 2 aromatic rings. The predicted molar refractivity (Wildman–Crippen MR) is 124 cm³/mol. The van der Waals surface area contributed by atoms with Gasteiger partial charge in [-0.25, -0.2) is 0 Å². The van der Waals surface area contributed by atoms with Crippen molar-refractivity contribution in [2.75, 3.05) is 33.9 Å². The summed E-state index contributed by atoms with van der Waals surface area (Å²) < 4.78 is 17.5. The van der Waals surface area contributed by atoms with Crippen LogP contribution in [0.4, 0.5) is 0 Å². The summed E-state index contributed by atoms with van der Waals surface area (Å²) in [6.07, 6.45) is 3.06. The number of aliphatic imine (C=N–C) groups is 1. The van der Waals surface area contributed by atoms with Gasteiger partial charge in [0.15, 0.2) is 11.5 Å². The summed E-state index contributed by atoms with van der Waals surface area (Å²) >= 11 is 0. The third kappa shape index (κ3) is 3.83. The van der Waals surface area contributed by atoms with E-state index in [-0.39, 0.29) is 11.8 Å². The van der Waals surface area contributed by atoms with Crippen LogP contribution in [-0.2, 0) is 0 Å².